The minimum absolute atomic E-state index is 0.732. The highest BCUT2D eigenvalue weighted by atomic mass is 14.5. The van der Waals surface area contributed by atoms with E-state index >= 15 is 0 Å². The van der Waals surface area contributed by atoms with Crippen LogP contribution in [0.15, 0.2) is 109 Å². The molecule has 8 N–H and O–H groups in total. The first-order valence-corrected chi connectivity index (χ1v) is 11.1. The van der Waals surface area contributed by atoms with Crippen molar-refractivity contribution < 1.29 is 0 Å². The molecule has 0 bridgehead atoms. The van der Waals surface area contributed by atoms with Crippen molar-refractivity contribution in [1.82, 2.24) is 0 Å². The predicted octanol–water partition coefficient (Wildman–Crippen LogP) is 6.68. The van der Waals surface area contributed by atoms with Crippen molar-refractivity contribution in [2.45, 2.75) is 0 Å². The zero-order valence-electron chi connectivity index (χ0n) is 18.7. The van der Waals surface area contributed by atoms with Gasteiger partial charge in [0.2, 0.25) is 0 Å². The molecular weight excluding hydrogens is 416 g/mol. The lowest BCUT2D eigenvalue weighted by molar-refractivity contribution is 1.54. The lowest BCUT2D eigenvalue weighted by Gasteiger charge is -2.19. The summed E-state index contributed by atoms with van der Waals surface area (Å²) < 4.78 is 0. The van der Waals surface area contributed by atoms with Crippen molar-refractivity contribution >= 4 is 22.7 Å². The second kappa shape index (κ2) is 8.68. The van der Waals surface area contributed by atoms with Gasteiger partial charge >= 0.3 is 0 Å². The van der Waals surface area contributed by atoms with Gasteiger partial charge in [-0.2, -0.15) is 0 Å². The van der Waals surface area contributed by atoms with Gasteiger partial charge in [-0.15, -0.1) is 0 Å². The van der Waals surface area contributed by atoms with Crippen LogP contribution in [0.5, 0.6) is 0 Å². The molecule has 0 aliphatic carbocycles. The van der Waals surface area contributed by atoms with E-state index < -0.39 is 0 Å². The third-order valence-corrected chi connectivity index (χ3v) is 6.04. The minimum atomic E-state index is 0.732. The van der Waals surface area contributed by atoms with Crippen LogP contribution in [0, 0.1) is 0 Å². The number of rotatable bonds is 4. The van der Waals surface area contributed by atoms with Crippen molar-refractivity contribution in [3.63, 3.8) is 0 Å². The summed E-state index contributed by atoms with van der Waals surface area (Å²) in [6.07, 6.45) is 0. The molecule has 0 spiro atoms. The number of nitrogens with two attached hydrogens (primary N) is 4. The number of benzene rings is 5. The second-order valence-corrected chi connectivity index (χ2v) is 8.43. The summed E-state index contributed by atoms with van der Waals surface area (Å²) in [5.41, 5.74) is 35.6. The molecule has 0 saturated heterocycles. The van der Waals surface area contributed by atoms with E-state index in [2.05, 4.69) is 60.7 Å². The first-order valence-electron chi connectivity index (χ1n) is 11.1. The molecule has 0 radical (unpaired) electrons. The van der Waals surface area contributed by atoms with E-state index in [0.717, 1.165) is 67.3 Å². The van der Waals surface area contributed by atoms with Crippen LogP contribution in [0.4, 0.5) is 22.7 Å². The molecule has 34 heavy (non-hydrogen) atoms. The van der Waals surface area contributed by atoms with E-state index in [4.69, 9.17) is 22.9 Å². The second-order valence-electron chi connectivity index (χ2n) is 8.43. The topological polar surface area (TPSA) is 104 Å². The molecular formula is C30H26N4. The normalized spacial score (nSPS) is 10.8. The predicted molar refractivity (Wildman–Crippen MR) is 146 cm³/mol. The first kappa shape index (κ1) is 21.2. The maximum atomic E-state index is 5.98. The molecule has 0 aliphatic rings. The van der Waals surface area contributed by atoms with Crippen LogP contribution in [0.2, 0.25) is 0 Å². The monoisotopic (exact) mass is 442 g/mol. The molecule has 0 unspecified atom stereocenters. The van der Waals surface area contributed by atoms with Crippen LogP contribution in [0.3, 0.4) is 0 Å². The quantitative estimate of drug-likeness (QED) is 0.233. The highest BCUT2D eigenvalue weighted by Gasteiger charge is 2.16. The maximum Gasteiger partial charge on any atom is 0.0314 e. The molecule has 5 aromatic rings. The van der Waals surface area contributed by atoms with Gasteiger partial charge in [0.15, 0.2) is 0 Å². The summed E-state index contributed by atoms with van der Waals surface area (Å²) in [6.45, 7) is 0. The molecule has 0 atom stereocenters. The van der Waals surface area contributed by atoms with Gasteiger partial charge in [0.05, 0.1) is 0 Å². The Bertz CT molecular complexity index is 1210. The lowest BCUT2D eigenvalue weighted by atomic mass is 9.85. The summed E-state index contributed by atoms with van der Waals surface area (Å²) >= 11 is 0. The number of hydrogen-bond acceptors (Lipinski definition) is 4. The van der Waals surface area contributed by atoms with E-state index in [0.29, 0.717) is 0 Å². The van der Waals surface area contributed by atoms with Gasteiger partial charge in [-0.25, -0.2) is 0 Å². The van der Waals surface area contributed by atoms with Gasteiger partial charge in [-0.05, 0) is 105 Å². The summed E-state index contributed by atoms with van der Waals surface area (Å²) in [4.78, 5) is 0. The van der Waals surface area contributed by atoms with Gasteiger partial charge in [0.25, 0.3) is 0 Å². The molecule has 0 aliphatic heterocycles. The molecule has 0 aromatic heterocycles. The smallest absolute Gasteiger partial charge is 0.0314 e. The zero-order valence-corrected chi connectivity index (χ0v) is 18.7. The minimum Gasteiger partial charge on any atom is -0.399 e. The van der Waals surface area contributed by atoms with Crippen molar-refractivity contribution in [2.75, 3.05) is 22.9 Å². The molecule has 0 amide bonds. The molecule has 5 aromatic carbocycles. The maximum absolute atomic E-state index is 5.98. The molecule has 5 rings (SSSR count). The van der Waals surface area contributed by atoms with Crippen LogP contribution in [-0.4, -0.2) is 0 Å². The average molecular weight is 443 g/mol. The third-order valence-electron chi connectivity index (χ3n) is 6.04. The molecule has 0 fully saturated rings. The summed E-state index contributed by atoms with van der Waals surface area (Å²) in [5, 5.41) is 0. The Morgan fingerprint density at radius 1 is 0.265 bits per heavy atom. The van der Waals surface area contributed by atoms with E-state index in [1.54, 1.807) is 0 Å². The fourth-order valence-electron chi connectivity index (χ4n) is 4.21. The first-order chi connectivity index (χ1) is 16.5. The molecule has 4 heteroatoms. The lowest BCUT2D eigenvalue weighted by Crippen LogP contribution is -1.94. The largest absolute Gasteiger partial charge is 0.399 e. The van der Waals surface area contributed by atoms with E-state index in [9.17, 15) is 0 Å². The average Bonchev–Trinajstić information content (AvgIpc) is 2.85. The highest BCUT2D eigenvalue weighted by molar-refractivity contribution is 5.95. The summed E-state index contributed by atoms with van der Waals surface area (Å²) in [5.74, 6) is 0. The molecule has 0 heterocycles. The van der Waals surface area contributed by atoms with E-state index in [1.807, 2.05) is 48.5 Å². The Kier molecular flexibility index (Phi) is 5.40. The standard InChI is InChI=1S/C30H26N4/c31-23-9-1-19(2-10-23)27-17-29(21-5-13-25(33)14-6-21)30(22-7-15-26(34)16-8-22)18-28(27)20-3-11-24(32)12-4-20/h1-18H,31-34H2. The number of anilines is 4. The molecule has 166 valence electrons. The Balaban J connectivity index is 1.83. The van der Waals surface area contributed by atoms with E-state index in [1.165, 1.54) is 0 Å². The summed E-state index contributed by atoms with van der Waals surface area (Å²) in [7, 11) is 0. The van der Waals surface area contributed by atoms with Gasteiger partial charge in [0.1, 0.15) is 0 Å². The van der Waals surface area contributed by atoms with Crippen LogP contribution >= 0.6 is 0 Å². The van der Waals surface area contributed by atoms with Crippen LogP contribution in [0.1, 0.15) is 0 Å². The van der Waals surface area contributed by atoms with E-state index in [-0.39, 0.29) is 0 Å². The van der Waals surface area contributed by atoms with Crippen LogP contribution < -0.4 is 22.9 Å². The Hall–Kier alpha value is -4.70. The summed E-state index contributed by atoms with van der Waals surface area (Å²) in [6, 6.07) is 36.4. The SMILES string of the molecule is Nc1ccc(-c2cc(-c3ccc(N)cc3)c(-c3ccc(N)cc3)cc2-c2ccc(N)cc2)cc1. The van der Waals surface area contributed by atoms with Gasteiger partial charge in [0, 0.05) is 22.7 Å². The van der Waals surface area contributed by atoms with Crippen molar-refractivity contribution in [3.8, 4) is 44.5 Å². The van der Waals surface area contributed by atoms with Gasteiger partial charge < -0.3 is 22.9 Å². The number of hydrogen-bond donors (Lipinski definition) is 4. The Morgan fingerprint density at radius 3 is 0.618 bits per heavy atom. The Labute approximate surface area is 199 Å². The third kappa shape index (κ3) is 4.17. The van der Waals surface area contributed by atoms with Crippen molar-refractivity contribution in [3.05, 3.63) is 109 Å². The van der Waals surface area contributed by atoms with Crippen molar-refractivity contribution in [2.24, 2.45) is 0 Å². The fraction of sp³-hybridized carbons (Fsp3) is 0. The zero-order chi connectivity index (χ0) is 23.7. The number of nitrogen functional groups attached to an aromatic ring is 4. The van der Waals surface area contributed by atoms with Gasteiger partial charge in [-0.1, -0.05) is 48.5 Å². The Morgan fingerprint density at radius 2 is 0.441 bits per heavy atom. The van der Waals surface area contributed by atoms with Crippen LogP contribution in [-0.2, 0) is 0 Å². The molecule has 0 saturated carbocycles. The molecule has 4 nitrogen and oxygen atoms in total. The van der Waals surface area contributed by atoms with Crippen molar-refractivity contribution in [1.29, 1.82) is 0 Å². The highest BCUT2D eigenvalue weighted by Crippen LogP contribution is 2.42. The fourth-order valence-corrected chi connectivity index (χ4v) is 4.21. The van der Waals surface area contributed by atoms with Gasteiger partial charge in [-0.3, -0.25) is 0 Å². The van der Waals surface area contributed by atoms with Crippen LogP contribution in [0.25, 0.3) is 44.5 Å².